The molecule has 9 heteroatoms. The average molecular weight is 500 g/mol. The standard InChI is InChI=1S/C26H30FN3O4S/c1-18-16-20-17-21(8-9-23(20)30(18)26(32)19-6-7-19)35(33,34)15-10-25(31)29-13-11-28(12-14-29)24-5-3-2-4-22(24)27/h2-5,8-9,17-19H,6-7,10-16H2,1H3/t18-/m0/s1. The maximum Gasteiger partial charge on any atom is 0.230 e. The fraction of sp³-hybridized carbons (Fsp3) is 0.462. The molecule has 2 heterocycles. The van der Waals surface area contributed by atoms with Crippen LogP contribution in [0.15, 0.2) is 47.4 Å². The topological polar surface area (TPSA) is 78.0 Å². The third kappa shape index (κ3) is 4.78. The summed E-state index contributed by atoms with van der Waals surface area (Å²) in [5, 5.41) is 0. The molecule has 2 fully saturated rings. The molecule has 1 saturated carbocycles. The first-order valence-electron chi connectivity index (χ1n) is 12.2. The van der Waals surface area contributed by atoms with Gasteiger partial charge in [0, 0.05) is 50.2 Å². The number of halogens is 1. The minimum absolute atomic E-state index is 0.0145. The van der Waals surface area contributed by atoms with E-state index in [4.69, 9.17) is 0 Å². The largest absolute Gasteiger partial charge is 0.366 e. The Balaban J connectivity index is 1.19. The van der Waals surface area contributed by atoms with E-state index >= 15 is 0 Å². The minimum Gasteiger partial charge on any atom is -0.366 e. The van der Waals surface area contributed by atoms with Gasteiger partial charge in [0.1, 0.15) is 5.82 Å². The molecule has 5 rings (SSSR count). The van der Waals surface area contributed by atoms with Crippen LogP contribution in [-0.2, 0) is 25.8 Å². The molecular weight excluding hydrogens is 469 g/mol. The summed E-state index contributed by atoms with van der Waals surface area (Å²) in [7, 11) is -3.65. The molecule has 1 saturated heterocycles. The fourth-order valence-electron chi connectivity index (χ4n) is 5.07. The Hall–Kier alpha value is -2.94. The molecule has 0 radical (unpaired) electrons. The number of sulfone groups is 1. The van der Waals surface area contributed by atoms with Gasteiger partial charge in [-0.1, -0.05) is 12.1 Å². The van der Waals surface area contributed by atoms with Gasteiger partial charge in [0.05, 0.1) is 16.3 Å². The molecule has 3 aliphatic rings. The Morgan fingerprint density at radius 2 is 1.71 bits per heavy atom. The predicted molar refractivity (Wildman–Crippen MR) is 132 cm³/mol. The zero-order valence-corrected chi connectivity index (χ0v) is 20.6. The minimum atomic E-state index is -3.65. The SMILES string of the molecule is C[C@H]1Cc2cc(S(=O)(=O)CCC(=O)N3CCN(c4ccccc4F)CC3)ccc2N1C(=O)C1CC1. The smallest absolute Gasteiger partial charge is 0.230 e. The highest BCUT2D eigenvalue weighted by molar-refractivity contribution is 7.91. The summed E-state index contributed by atoms with van der Waals surface area (Å²) in [5.41, 5.74) is 2.19. The molecule has 0 aromatic heterocycles. The zero-order valence-electron chi connectivity index (χ0n) is 19.8. The van der Waals surface area contributed by atoms with E-state index in [-0.39, 0.29) is 46.7 Å². The molecule has 7 nitrogen and oxygen atoms in total. The average Bonchev–Trinajstić information content (AvgIpc) is 3.64. The third-order valence-corrected chi connectivity index (χ3v) is 8.91. The van der Waals surface area contributed by atoms with Crippen molar-refractivity contribution in [3.05, 3.63) is 53.8 Å². The molecule has 0 N–H and O–H groups in total. The van der Waals surface area contributed by atoms with Crippen LogP contribution < -0.4 is 9.80 Å². The Labute approximate surface area is 205 Å². The van der Waals surface area contributed by atoms with Gasteiger partial charge < -0.3 is 14.7 Å². The van der Waals surface area contributed by atoms with Crippen molar-refractivity contribution in [3.8, 4) is 0 Å². The number of carbonyl (C=O) groups is 2. The summed E-state index contributed by atoms with van der Waals surface area (Å²) in [5.74, 6) is -0.530. The van der Waals surface area contributed by atoms with Gasteiger partial charge in [0.2, 0.25) is 11.8 Å². The van der Waals surface area contributed by atoms with E-state index in [0.29, 0.717) is 38.3 Å². The van der Waals surface area contributed by atoms with Gasteiger partial charge in [0.15, 0.2) is 9.84 Å². The van der Waals surface area contributed by atoms with Crippen LogP contribution in [-0.4, -0.2) is 63.1 Å². The van der Waals surface area contributed by atoms with E-state index in [9.17, 15) is 22.4 Å². The van der Waals surface area contributed by atoms with Gasteiger partial charge in [-0.2, -0.15) is 0 Å². The summed E-state index contributed by atoms with van der Waals surface area (Å²) in [6.45, 7) is 3.83. The van der Waals surface area contributed by atoms with Gasteiger partial charge >= 0.3 is 0 Å². The first kappa shape index (κ1) is 23.8. The summed E-state index contributed by atoms with van der Waals surface area (Å²) in [6, 6.07) is 11.5. The lowest BCUT2D eigenvalue weighted by Gasteiger charge is -2.36. The Kier molecular flexibility index (Phi) is 6.29. The summed E-state index contributed by atoms with van der Waals surface area (Å²) in [6.07, 6.45) is 2.39. The number of hydrogen-bond donors (Lipinski definition) is 0. The van der Waals surface area contributed by atoms with Gasteiger partial charge in [-0.15, -0.1) is 0 Å². The number of hydrogen-bond acceptors (Lipinski definition) is 5. The first-order chi connectivity index (χ1) is 16.7. The van der Waals surface area contributed by atoms with Gasteiger partial charge in [-0.25, -0.2) is 12.8 Å². The van der Waals surface area contributed by atoms with Crippen molar-refractivity contribution in [2.24, 2.45) is 5.92 Å². The molecule has 0 spiro atoms. The lowest BCUT2D eigenvalue weighted by molar-refractivity contribution is -0.131. The lowest BCUT2D eigenvalue weighted by Crippen LogP contribution is -2.49. The normalized spacial score (nSPS) is 20.2. The maximum atomic E-state index is 14.0. The maximum absolute atomic E-state index is 14.0. The van der Waals surface area contributed by atoms with Crippen LogP contribution in [0.2, 0.25) is 0 Å². The number of carbonyl (C=O) groups excluding carboxylic acids is 2. The van der Waals surface area contributed by atoms with Gasteiger partial charge in [-0.3, -0.25) is 9.59 Å². The van der Waals surface area contributed by atoms with E-state index in [1.807, 2.05) is 16.7 Å². The monoisotopic (exact) mass is 499 g/mol. The molecule has 2 aromatic carbocycles. The van der Waals surface area contributed by atoms with Crippen LogP contribution in [0.1, 0.15) is 31.7 Å². The summed E-state index contributed by atoms with van der Waals surface area (Å²) < 4.78 is 40.1. The second kappa shape index (κ2) is 9.26. The van der Waals surface area contributed by atoms with Crippen molar-refractivity contribution >= 4 is 33.0 Å². The van der Waals surface area contributed by atoms with Crippen molar-refractivity contribution in [1.29, 1.82) is 0 Å². The zero-order chi connectivity index (χ0) is 24.7. The number of benzene rings is 2. The molecule has 2 aromatic rings. The van der Waals surface area contributed by atoms with E-state index < -0.39 is 9.84 Å². The molecule has 0 bridgehead atoms. The number of anilines is 2. The highest BCUT2D eigenvalue weighted by Crippen LogP contribution is 2.39. The Morgan fingerprint density at radius 3 is 2.40 bits per heavy atom. The molecule has 186 valence electrons. The van der Waals surface area contributed by atoms with Crippen molar-refractivity contribution in [3.63, 3.8) is 0 Å². The van der Waals surface area contributed by atoms with Crippen LogP contribution >= 0.6 is 0 Å². The summed E-state index contributed by atoms with van der Waals surface area (Å²) >= 11 is 0. The highest BCUT2D eigenvalue weighted by atomic mass is 32.2. The van der Waals surface area contributed by atoms with Crippen molar-refractivity contribution in [2.45, 2.75) is 43.5 Å². The fourth-order valence-corrected chi connectivity index (χ4v) is 6.34. The Morgan fingerprint density at radius 1 is 1.00 bits per heavy atom. The van der Waals surface area contributed by atoms with Crippen LogP contribution in [0.5, 0.6) is 0 Å². The second-order valence-corrected chi connectivity index (χ2v) is 11.8. The van der Waals surface area contributed by atoms with Crippen LogP contribution in [0, 0.1) is 11.7 Å². The quantitative estimate of drug-likeness (QED) is 0.611. The summed E-state index contributed by atoms with van der Waals surface area (Å²) in [4.78, 5) is 30.9. The molecule has 0 unspecified atom stereocenters. The number of para-hydroxylation sites is 1. The van der Waals surface area contributed by atoms with Crippen molar-refractivity contribution in [1.82, 2.24) is 4.90 Å². The lowest BCUT2D eigenvalue weighted by atomic mass is 10.1. The van der Waals surface area contributed by atoms with E-state index in [1.54, 1.807) is 41.3 Å². The molecule has 1 atom stereocenters. The first-order valence-corrected chi connectivity index (χ1v) is 13.9. The van der Waals surface area contributed by atoms with Crippen LogP contribution in [0.4, 0.5) is 15.8 Å². The predicted octanol–water partition coefficient (Wildman–Crippen LogP) is 3.03. The number of amides is 2. The number of piperazine rings is 1. The van der Waals surface area contributed by atoms with Gasteiger partial charge in [-0.05, 0) is 62.1 Å². The second-order valence-electron chi connectivity index (χ2n) is 9.71. The molecule has 35 heavy (non-hydrogen) atoms. The van der Waals surface area contributed by atoms with Crippen LogP contribution in [0.25, 0.3) is 0 Å². The molecule has 2 aliphatic heterocycles. The van der Waals surface area contributed by atoms with E-state index in [0.717, 1.165) is 24.1 Å². The van der Waals surface area contributed by atoms with Crippen molar-refractivity contribution < 1.29 is 22.4 Å². The number of rotatable bonds is 6. The molecule has 1 aliphatic carbocycles. The highest BCUT2D eigenvalue weighted by Gasteiger charge is 2.39. The number of nitrogens with zero attached hydrogens (tertiary/aromatic N) is 3. The van der Waals surface area contributed by atoms with Crippen molar-refractivity contribution in [2.75, 3.05) is 41.7 Å². The van der Waals surface area contributed by atoms with E-state index in [1.165, 1.54) is 6.07 Å². The van der Waals surface area contributed by atoms with Crippen LogP contribution in [0.3, 0.4) is 0 Å². The number of fused-ring (bicyclic) bond motifs is 1. The molecule has 2 amide bonds. The Bertz CT molecular complexity index is 1250. The third-order valence-electron chi connectivity index (χ3n) is 7.20. The molecular formula is C26H30FN3O4S. The van der Waals surface area contributed by atoms with Gasteiger partial charge in [0.25, 0.3) is 0 Å². The van der Waals surface area contributed by atoms with E-state index in [2.05, 4.69) is 0 Å².